The molecule has 0 atom stereocenters. The topological polar surface area (TPSA) is 44.7 Å². The molecule has 5 heteroatoms. The summed E-state index contributed by atoms with van der Waals surface area (Å²) in [7, 11) is 3.16. The number of methoxy groups -OCH3 is 2. The van der Waals surface area contributed by atoms with Crippen molar-refractivity contribution >= 4 is 0 Å². The smallest absolute Gasteiger partial charge is 0.443 e. The molecule has 0 amide bonds. The lowest BCUT2D eigenvalue weighted by molar-refractivity contribution is -0.636. The Morgan fingerprint density at radius 2 is 1.33 bits per heavy atom. The predicted octanol–water partition coefficient (Wildman–Crippen LogP) is -0.982. The Labute approximate surface area is 97.4 Å². The van der Waals surface area contributed by atoms with E-state index in [-0.39, 0.29) is 0 Å². The van der Waals surface area contributed by atoms with E-state index in [0.29, 0.717) is 11.9 Å². The van der Waals surface area contributed by atoms with Gasteiger partial charge in [0.25, 0.3) is 11.9 Å². The van der Waals surface area contributed by atoms with Crippen LogP contribution in [0.25, 0.3) is 0 Å². The van der Waals surface area contributed by atoms with Crippen LogP contribution in [-0.2, 0) is 0 Å². The SMILES string of the molecule is COc1ccc([I+]c2ccc(OC)o2)o1. The summed E-state index contributed by atoms with van der Waals surface area (Å²) in [6.07, 6.45) is 0. The molecular formula is C10H10IO4+. The second kappa shape index (κ2) is 4.61. The summed E-state index contributed by atoms with van der Waals surface area (Å²) in [5.41, 5.74) is 0. The van der Waals surface area contributed by atoms with Crippen molar-refractivity contribution in [1.29, 1.82) is 0 Å². The predicted molar refractivity (Wildman–Crippen MR) is 47.9 cm³/mol. The molecule has 0 aliphatic rings. The zero-order valence-corrected chi connectivity index (χ0v) is 10.5. The van der Waals surface area contributed by atoms with Crippen molar-refractivity contribution < 1.29 is 39.5 Å². The summed E-state index contributed by atoms with van der Waals surface area (Å²) < 4.78 is 22.5. The molecule has 0 aromatic carbocycles. The third-order valence-corrected chi connectivity index (χ3v) is 3.91. The van der Waals surface area contributed by atoms with Crippen molar-refractivity contribution in [3.63, 3.8) is 0 Å². The molecule has 0 N–H and O–H groups in total. The number of hydrogen-bond acceptors (Lipinski definition) is 4. The van der Waals surface area contributed by atoms with Crippen LogP contribution in [0.15, 0.2) is 33.1 Å². The van der Waals surface area contributed by atoms with Crippen LogP contribution in [0.3, 0.4) is 0 Å². The maximum absolute atomic E-state index is 5.41. The van der Waals surface area contributed by atoms with Gasteiger partial charge in [-0.15, -0.1) is 0 Å². The van der Waals surface area contributed by atoms with E-state index in [2.05, 4.69) is 0 Å². The zero-order chi connectivity index (χ0) is 10.7. The molecule has 0 saturated heterocycles. The molecule has 2 aromatic heterocycles. The zero-order valence-electron chi connectivity index (χ0n) is 8.32. The van der Waals surface area contributed by atoms with Crippen molar-refractivity contribution in [1.82, 2.24) is 0 Å². The second-order valence-corrected chi connectivity index (χ2v) is 5.29. The largest absolute Gasteiger partial charge is 0.468 e. The molecule has 80 valence electrons. The number of halogens is 1. The van der Waals surface area contributed by atoms with E-state index in [9.17, 15) is 0 Å². The molecule has 15 heavy (non-hydrogen) atoms. The fourth-order valence-corrected chi connectivity index (χ4v) is 2.91. The van der Waals surface area contributed by atoms with Gasteiger partial charge in [-0.3, -0.25) is 0 Å². The summed E-state index contributed by atoms with van der Waals surface area (Å²) in [5.74, 6) is 1.06. The van der Waals surface area contributed by atoms with Crippen LogP contribution in [0.2, 0.25) is 0 Å². The minimum Gasteiger partial charge on any atom is -0.468 e. The molecule has 0 aliphatic carbocycles. The minimum absolute atomic E-state index is 0.435. The minimum atomic E-state index is -0.435. The van der Waals surface area contributed by atoms with Crippen molar-refractivity contribution in [2.75, 3.05) is 14.2 Å². The summed E-state index contributed by atoms with van der Waals surface area (Å²) in [4.78, 5) is 0. The fourth-order valence-electron chi connectivity index (χ4n) is 1.01. The van der Waals surface area contributed by atoms with Crippen LogP contribution in [0.1, 0.15) is 0 Å². The first-order valence-electron chi connectivity index (χ1n) is 4.24. The highest BCUT2D eigenvalue weighted by Crippen LogP contribution is 2.10. The number of ether oxygens (including phenoxy) is 2. The molecule has 0 fully saturated rings. The molecule has 0 spiro atoms. The van der Waals surface area contributed by atoms with Crippen LogP contribution in [-0.4, -0.2) is 14.2 Å². The molecule has 0 radical (unpaired) electrons. The molecule has 0 aliphatic heterocycles. The van der Waals surface area contributed by atoms with Gasteiger partial charge in [0.05, 0.1) is 14.2 Å². The lowest BCUT2D eigenvalue weighted by atomic mass is 10.7. The Morgan fingerprint density at radius 1 is 0.867 bits per heavy atom. The van der Waals surface area contributed by atoms with Crippen LogP contribution >= 0.6 is 0 Å². The van der Waals surface area contributed by atoms with Crippen molar-refractivity contribution in [3.8, 4) is 11.9 Å². The van der Waals surface area contributed by atoms with Gasteiger partial charge in [0.2, 0.25) is 0 Å². The standard InChI is InChI=1S/C10H10IO4/c1-12-9-5-3-7(14-9)11-8-4-6-10(13-2)15-8/h3-6H,1-2H3/q+1. The van der Waals surface area contributed by atoms with E-state index < -0.39 is 21.2 Å². The van der Waals surface area contributed by atoms with Gasteiger partial charge < -0.3 is 18.3 Å². The van der Waals surface area contributed by atoms with Gasteiger partial charge in [-0.1, -0.05) is 0 Å². The van der Waals surface area contributed by atoms with Crippen LogP contribution in [0.5, 0.6) is 11.9 Å². The summed E-state index contributed by atoms with van der Waals surface area (Å²) >= 11 is -0.435. The average Bonchev–Trinajstić information content (AvgIpc) is 2.87. The first-order chi connectivity index (χ1) is 7.31. The molecule has 0 bridgehead atoms. The molecule has 2 aromatic rings. The van der Waals surface area contributed by atoms with Gasteiger partial charge in [0.15, 0.2) is 0 Å². The van der Waals surface area contributed by atoms with E-state index in [1.807, 2.05) is 12.1 Å². The third-order valence-electron chi connectivity index (χ3n) is 1.69. The Hall–Kier alpha value is -1.11. The molecule has 2 heterocycles. The Bertz CT molecular complexity index is 392. The van der Waals surface area contributed by atoms with Crippen molar-refractivity contribution in [3.05, 3.63) is 31.8 Å². The lowest BCUT2D eigenvalue weighted by Gasteiger charge is -1.87. The number of rotatable bonds is 4. The quantitative estimate of drug-likeness (QED) is 0.679. The highest BCUT2D eigenvalue weighted by molar-refractivity contribution is 5.04. The molecular weight excluding hydrogens is 311 g/mol. The maximum Gasteiger partial charge on any atom is 0.443 e. The Morgan fingerprint density at radius 3 is 1.67 bits per heavy atom. The van der Waals surface area contributed by atoms with Gasteiger partial charge in [-0.2, -0.15) is 0 Å². The molecule has 0 saturated carbocycles. The summed E-state index contributed by atoms with van der Waals surface area (Å²) in [5, 5.41) is 0. The average molecular weight is 321 g/mol. The summed E-state index contributed by atoms with van der Waals surface area (Å²) in [6, 6.07) is 7.41. The Kier molecular flexibility index (Phi) is 3.20. The highest BCUT2D eigenvalue weighted by Gasteiger charge is 2.25. The number of furan rings is 2. The first kappa shape index (κ1) is 10.4. The van der Waals surface area contributed by atoms with Gasteiger partial charge in [-0.25, -0.2) is 0 Å². The van der Waals surface area contributed by atoms with Gasteiger partial charge in [0, 0.05) is 24.3 Å². The van der Waals surface area contributed by atoms with E-state index in [1.54, 1.807) is 26.4 Å². The fraction of sp³-hybridized carbons (Fsp3) is 0.200. The molecule has 2 rings (SSSR count). The molecule has 4 nitrogen and oxygen atoms in total. The van der Waals surface area contributed by atoms with Crippen LogP contribution in [0.4, 0.5) is 0 Å². The number of hydrogen-bond donors (Lipinski definition) is 0. The molecule has 0 unspecified atom stereocenters. The van der Waals surface area contributed by atoms with Crippen molar-refractivity contribution in [2.24, 2.45) is 0 Å². The van der Waals surface area contributed by atoms with Crippen LogP contribution < -0.4 is 30.7 Å². The monoisotopic (exact) mass is 321 g/mol. The first-order valence-corrected chi connectivity index (χ1v) is 6.40. The lowest BCUT2D eigenvalue weighted by Crippen LogP contribution is -3.61. The normalized spacial score (nSPS) is 10.3. The van der Waals surface area contributed by atoms with E-state index >= 15 is 0 Å². The van der Waals surface area contributed by atoms with E-state index in [0.717, 1.165) is 7.53 Å². The van der Waals surface area contributed by atoms with Crippen LogP contribution in [0, 0.1) is 7.53 Å². The maximum atomic E-state index is 5.41. The Balaban J connectivity index is 2.07. The van der Waals surface area contributed by atoms with Gasteiger partial charge >= 0.3 is 28.7 Å². The third kappa shape index (κ3) is 2.47. The van der Waals surface area contributed by atoms with E-state index in [1.165, 1.54) is 0 Å². The summed E-state index contributed by atoms with van der Waals surface area (Å²) in [6.45, 7) is 0. The van der Waals surface area contributed by atoms with Gasteiger partial charge in [-0.05, 0) is 0 Å². The van der Waals surface area contributed by atoms with Gasteiger partial charge in [0.1, 0.15) is 0 Å². The van der Waals surface area contributed by atoms with Crippen molar-refractivity contribution in [2.45, 2.75) is 0 Å². The second-order valence-electron chi connectivity index (χ2n) is 2.62. The van der Waals surface area contributed by atoms with E-state index in [4.69, 9.17) is 18.3 Å². The highest BCUT2D eigenvalue weighted by atomic mass is 127.